The lowest BCUT2D eigenvalue weighted by atomic mass is 10.0. The summed E-state index contributed by atoms with van der Waals surface area (Å²) in [7, 11) is 0. The highest BCUT2D eigenvalue weighted by Crippen LogP contribution is 2.24. The number of nitrogens with two attached hydrogens (primary N) is 1. The molecule has 0 radical (unpaired) electrons. The highest BCUT2D eigenvalue weighted by Gasteiger charge is 2.19. The molecule has 4 heteroatoms. The standard InChI is InChI=1S/C10H14N2S.ClH/c1-2-3-8-6-7-4-5-13-9(7)10(11)12-8;/h4-5,8H,2-3,6H2,1H3,(H2,11,12);1H. The third kappa shape index (κ3) is 2.10. The number of hydrogen-bond acceptors (Lipinski definition) is 3. The average molecular weight is 231 g/mol. The summed E-state index contributed by atoms with van der Waals surface area (Å²) in [6.07, 6.45) is 3.41. The molecule has 0 amide bonds. The van der Waals surface area contributed by atoms with E-state index >= 15 is 0 Å². The van der Waals surface area contributed by atoms with Gasteiger partial charge in [0, 0.05) is 0 Å². The van der Waals surface area contributed by atoms with Crippen molar-refractivity contribution in [2.24, 2.45) is 10.7 Å². The first kappa shape index (κ1) is 11.5. The Morgan fingerprint density at radius 1 is 1.64 bits per heavy atom. The van der Waals surface area contributed by atoms with E-state index in [4.69, 9.17) is 5.73 Å². The molecular weight excluding hydrogens is 216 g/mol. The lowest BCUT2D eigenvalue weighted by molar-refractivity contribution is 0.597. The normalized spacial score (nSPS) is 19.5. The van der Waals surface area contributed by atoms with Crippen LogP contribution in [0.4, 0.5) is 0 Å². The molecule has 0 aromatic carbocycles. The molecule has 0 spiro atoms. The van der Waals surface area contributed by atoms with E-state index < -0.39 is 0 Å². The molecule has 0 saturated carbocycles. The van der Waals surface area contributed by atoms with Gasteiger partial charge in [-0.25, -0.2) is 0 Å². The van der Waals surface area contributed by atoms with Crippen molar-refractivity contribution in [3.63, 3.8) is 0 Å². The lowest BCUT2D eigenvalue weighted by Crippen LogP contribution is -2.24. The molecule has 14 heavy (non-hydrogen) atoms. The molecule has 2 nitrogen and oxygen atoms in total. The second kappa shape index (κ2) is 4.80. The zero-order valence-electron chi connectivity index (χ0n) is 8.19. The van der Waals surface area contributed by atoms with Crippen molar-refractivity contribution in [2.45, 2.75) is 32.2 Å². The van der Waals surface area contributed by atoms with Crippen molar-refractivity contribution in [3.05, 3.63) is 21.9 Å². The van der Waals surface area contributed by atoms with Crippen molar-refractivity contribution >= 4 is 29.6 Å². The SMILES string of the molecule is CCCC1Cc2ccsc2C(N)=N1.Cl. The van der Waals surface area contributed by atoms with Crippen LogP contribution in [0.1, 0.15) is 30.2 Å². The third-order valence-corrected chi connectivity index (χ3v) is 3.36. The van der Waals surface area contributed by atoms with Crippen LogP contribution in [0, 0.1) is 0 Å². The van der Waals surface area contributed by atoms with Crippen LogP contribution in [0.25, 0.3) is 0 Å². The fraction of sp³-hybridized carbons (Fsp3) is 0.500. The van der Waals surface area contributed by atoms with Crippen molar-refractivity contribution in [1.82, 2.24) is 0 Å². The minimum Gasteiger partial charge on any atom is -0.383 e. The van der Waals surface area contributed by atoms with Crippen LogP contribution in [0.5, 0.6) is 0 Å². The monoisotopic (exact) mass is 230 g/mol. The molecular formula is C10H15ClN2S. The van der Waals surface area contributed by atoms with E-state index in [1.165, 1.54) is 16.9 Å². The summed E-state index contributed by atoms with van der Waals surface area (Å²) < 4.78 is 0. The zero-order valence-corrected chi connectivity index (χ0v) is 9.83. The maximum absolute atomic E-state index is 5.87. The molecule has 0 fully saturated rings. The molecule has 78 valence electrons. The quantitative estimate of drug-likeness (QED) is 0.834. The Morgan fingerprint density at radius 2 is 2.43 bits per heavy atom. The highest BCUT2D eigenvalue weighted by atomic mass is 35.5. The number of halogens is 1. The van der Waals surface area contributed by atoms with Crippen LogP contribution >= 0.6 is 23.7 Å². The van der Waals surface area contributed by atoms with Crippen LogP contribution in [0.15, 0.2) is 16.4 Å². The van der Waals surface area contributed by atoms with E-state index in [-0.39, 0.29) is 12.4 Å². The molecule has 2 rings (SSSR count). The molecule has 1 aliphatic heterocycles. The predicted molar refractivity (Wildman–Crippen MR) is 64.7 cm³/mol. The topological polar surface area (TPSA) is 38.4 Å². The molecule has 1 atom stereocenters. The van der Waals surface area contributed by atoms with E-state index in [2.05, 4.69) is 23.4 Å². The number of aliphatic imine (C=N–C) groups is 1. The van der Waals surface area contributed by atoms with Gasteiger partial charge in [0.1, 0.15) is 5.84 Å². The molecule has 0 bridgehead atoms. The van der Waals surface area contributed by atoms with E-state index in [1.807, 2.05) is 0 Å². The van der Waals surface area contributed by atoms with E-state index in [0.29, 0.717) is 6.04 Å². The van der Waals surface area contributed by atoms with Gasteiger partial charge in [0.05, 0.1) is 10.9 Å². The van der Waals surface area contributed by atoms with E-state index in [9.17, 15) is 0 Å². The number of thiophene rings is 1. The first-order valence-corrected chi connectivity index (χ1v) is 5.59. The van der Waals surface area contributed by atoms with Gasteiger partial charge in [0.15, 0.2) is 0 Å². The van der Waals surface area contributed by atoms with Crippen molar-refractivity contribution < 1.29 is 0 Å². The Kier molecular flexibility index (Phi) is 3.96. The predicted octanol–water partition coefficient (Wildman–Crippen LogP) is 2.60. The summed E-state index contributed by atoms with van der Waals surface area (Å²) in [5.41, 5.74) is 7.26. The van der Waals surface area contributed by atoms with Gasteiger partial charge in [-0.1, -0.05) is 13.3 Å². The van der Waals surface area contributed by atoms with Crippen molar-refractivity contribution in [2.75, 3.05) is 0 Å². The largest absolute Gasteiger partial charge is 0.383 e. The van der Waals surface area contributed by atoms with Gasteiger partial charge >= 0.3 is 0 Å². The molecule has 2 heterocycles. The average Bonchev–Trinajstić information content (AvgIpc) is 2.53. The van der Waals surface area contributed by atoms with Crippen molar-refractivity contribution in [3.8, 4) is 0 Å². The molecule has 1 aromatic heterocycles. The van der Waals surface area contributed by atoms with Crippen LogP contribution in [-0.4, -0.2) is 11.9 Å². The maximum Gasteiger partial charge on any atom is 0.136 e. The van der Waals surface area contributed by atoms with Gasteiger partial charge in [-0.05, 0) is 29.9 Å². The summed E-state index contributed by atoms with van der Waals surface area (Å²) in [6, 6.07) is 2.59. The fourth-order valence-corrected chi connectivity index (χ4v) is 2.62. The summed E-state index contributed by atoms with van der Waals surface area (Å²) in [5, 5.41) is 2.10. The summed E-state index contributed by atoms with van der Waals surface area (Å²) in [4.78, 5) is 5.68. The molecule has 2 N–H and O–H groups in total. The number of nitrogens with zero attached hydrogens (tertiary/aromatic N) is 1. The van der Waals surface area contributed by atoms with Gasteiger partial charge < -0.3 is 5.73 Å². The lowest BCUT2D eigenvalue weighted by Gasteiger charge is -2.17. The third-order valence-electron chi connectivity index (χ3n) is 2.38. The van der Waals surface area contributed by atoms with Crippen LogP contribution in [0.3, 0.4) is 0 Å². The number of fused-ring (bicyclic) bond motifs is 1. The van der Waals surface area contributed by atoms with Crippen LogP contribution in [0.2, 0.25) is 0 Å². The smallest absolute Gasteiger partial charge is 0.136 e. The Bertz CT molecular complexity index is 333. The second-order valence-electron chi connectivity index (χ2n) is 3.44. The van der Waals surface area contributed by atoms with Gasteiger partial charge in [0.2, 0.25) is 0 Å². The van der Waals surface area contributed by atoms with Gasteiger partial charge in [-0.15, -0.1) is 23.7 Å². The molecule has 1 aromatic rings. The van der Waals surface area contributed by atoms with E-state index in [0.717, 1.165) is 18.7 Å². The first-order valence-electron chi connectivity index (χ1n) is 4.71. The van der Waals surface area contributed by atoms with Crippen LogP contribution in [-0.2, 0) is 6.42 Å². The summed E-state index contributed by atoms with van der Waals surface area (Å²) >= 11 is 1.70. The fourth-order valence-electron chi connectivity index (χ4n) is 1.78. The minimum atomic E-state index is 0. The molecule has 1 aliphatic rings. The summed E-state index contributed by atoms with van der Waals surface area (Å²) in [5.74, 6) is 0.745. The number of rotatable bonds is 2. The Balaban J connectivity index is 0.000000980. The minimum absolute atomic E-state index is 0. The van der Waals surface area contributed by atoms with E-state index in [1.54, 1.807) is 11.3 Å². The molecule has 1 unspecified atom stereocenters. The van der Waals surface area contributed by atoms with Gasteiger partial charge in [0.25, 0.3) is 0 Å². The Hall–Kier alpha value is -0.540. The number of amidine groups is 1. The number of hydrogen-bond donors (Lipinski definition) is 1. The van der Waals surface area contributed by atoms with Crippen LogP contribution < -0.4 is 5.73 Å². The second-order valence-corrected chi connectivity index (χ2v) is 4.35. The maximum atomic E-state index is 5.87. The Morgan fingerprint density at radius 3 is 3.14 bits per heavy atom. The van der Waals surface area contributed by atoms with Gasteiger partial charge in [-0.2, -0.15) is 0 Å². The van der Waals surface area contributed by atoms with Crippen molar-refractivity contribution in [1.29, 1.82) is 0 Å². The highest BCUT2D eigenvalue weighted by molar-refractivity contribution is 7.12. The molecule has 0 aliphatic carbocycles. The molecule has 0 saturated heterocycles. The first-order chi connectivity index (χ1) is 6.31. The van der Waals surface area contributed by atoms with Gasteiger partial charge in [-0.3, -0.25) is 4.99 Å². The zero-order chi connectivity index (χ0) is 9.26. The summed E-state index contributed by atoms with van der Waals surface area (Å²) in [6.45, 7) is 2.19. The Labute approximate surface area is 94.6 Å².